The molecule has 16 heavy (non-hydrogen) atoms. The first-order valence-corrected chi connectivity index (χ1v) is 5.47. The van der Waals surface area contributed by atoms with Gasteiger partial charge in [-0.3, -0.25) is 4.79 Å². The van der Waals surface area contributed by atoms with Crippen molar-refractivity contribution in [2.75, 3.05) is 13.2 Å². The lowest BCUT2D eigenvalue weighted by Crippen LogP contribution is -2.53. The Kier molecular flexibility index (Phi) is 4.54. The van der Waals surface area contributed by atoms with E-state index < -0.39 is 18.0 Å². The number of aliphatic hydroxyl groups excluding tert-OH is 1. The number of carboxylic acids is 1. The number of urea groups is 1. The molecule has 3 N–H and O–H groups in total. The van der Waals surface area contributed by atoms with E-state index in [4.69, 9.17) is 10.2 Å². The number of carbonyl (C=O) groups is 2. The molecule has 0 aromatic carbocycles. The first-order valence-electron chi connectivity index (χ1n) is 5.47. The molecule has 0 aromatic heterocycles. The van der Waals surface area contributed by atoms with Crippen molar-refractivity contribution in [2.45, 2.75) is 38.3 Å². The fourth-order valence-corrected chi connectivity index (χ4v) is 1.59. The third-order valence-corrected chi connectivity index (χ3v) is 2.83. The lowest BCUT2D eigenvalue weighted by Gasteiger charge is -2.37. The van der Waals surface area contributed by atoms with Crippen LogP contribution in [0, 0.1) is 0 Å². The van der Waals surface area contributed by atoms with Crippen molar-refractivity contribution < 1.29 is 19.8 Å². The molecule has 0 unspecified atom stereocenters. The van der Waals surface area contributed by atoms with E-state index in [1.165, 1.54) is 11.8 Å². The molecule has 0 aliphatic heterocycles. The Morgan fingerprint density at radius 3 is 2.50 bits per heavy atom. The predicted molar refractivity (Wildman–Crippen MR) is 57.1 cm³/mol. The van der Waals surface area contributed by atoms with Crippen LogP contribution >= 0.6 is 0 Å². The van der Waals surface area contributed by atoms with Gasteiger partial charge in [-0.1, -0.05) is 0 Å². The van der Waals surface area contributed by atoms with Crippen molar-refractivity contribution in [3.63, 3.8) is 0 Å². The van der Waals surface area contributed by atoms with Crippen LogP contribution in [0.2, 0.25) is 0 Å². The standard InChI is InChI=1S/C10H18N2O4/c1-7(9(14)15)11-10(16)12(5-6-13)8-3-2-4-8/h7-8,13H,2-6H2,1H3,(H,11,16)(H,14,15)/t7-/m0/s1. The van der Waals surface area contributed by atoms with E-state index in [0.29, 0.717) is 0 Å². The van der Waals surface area contributed by atoms with Crippen LogP contribution in [0.25, 0.3) is 0 Å². The van der Waals surface area contributed by atoms with Crippen LogP contribution in [0.3, 0.4) is 0 Å². The molecule has 1 atom stereocenters. The lowest BCUT2D eigenvalue weighted by atomic mass is 9.91. The number of nitrogens with one attached hydrogen (secondary N) is 1. The number of aliphatic carboxylic acids is 1. The van der Waals surface area contributed by atoms with Gasteiger partial charge in [0, 0.05) is 12.6 Å². The van der Waals surface area contributed by atoms with Crippen LogP contribution in [-0.4, -0.2) is 52.3 Å². The molecule has 1 aliphatic rings. The van der Waals surface area contributed by atoms with Gasteiger partial charge in [-0.2, -0.15) is 0 Å². The normalized spacial score (nSPS) is 17.4. The van der Waals surface area contributed by atoms with Gasteiger partial charge in [0.2, 0.25) is 0 Å². The van der Waals surface area contributed by atoms with Crippen LogP contribution in [0.1, 0.15) is 26.2 Å². The largest absolute Gasteiger partial charge is 0.480 e. The summed E-state index contributed by atoms with van der Waals surface area (Å²) >= 11 is 0. The molecule has 6 nitrogen and oxygen atoms in total. The molecule has 0 spiro atoms. The van der Waals surface area contributed by atoms with Gasteiger partial charge in [0.15, 0.2) is 0 Å². The van der Waals surface area contributed by atoms with Crippen LogP contribution in [0.15, 0.2) is 0 Å². The number of nitrogens with zero attached hydrogens (tertiary/aromatic N) is 1. The van der Waals surface area contributed by atoms with Gasteiger partial charge in [-0.05, 0) is 26.2 Å². The smallest absolute Gasteiger partial charge is 0.325 e. The molecule has 92 valence electrons. The Hall–Kier alpha value is -1.30. The number of rotatable bonds is 5. The van der Waals surface area contributed by atoms with Gasteiger partial charge in [-0.25, -0.2) is 4.79 Å². The third kappa shape index (κ3) is 3.10. The van der Waals surface area contributed by atoms with Gasteiger partial charge >= 0.3 is 12.0 Å². The zero-order valence-corrected chi connectivity index (χ0v) is 9.35. The fraction of sp³-hybridized carbons (Fsp3) is 0.800. The summed E-state index contributed by atoms with van der Waals surface area (Å²) < 4.78 is 0. The Morgan fingerprint density at radius 1 is 1.50 bits per heavy atom. The molecule has 6 heteroatoms. The molecule has 1 fully saturated rings. The number of carbonyl (C=O) groups excluding carboxylic acids is 1. The molecule has 0 heterocycles. The molecular weight excluding hydrogens is 212 g/mol. The summed E-state index contributed by atoms with van der Waals surface area (Å²) in [5, 5.41) is 19.9. The highest BCUT2D eigenvalue weighted by Crippen LogP contribution is 2.24. The van der Waals surface area contributed by atoms with E-state index in [2.05, 4.69) is 5.32 Å². The predicted octanol–water partition coefficient (Wildman–Crippen LogP) is 0.0159. The monoisotopic (exact) mass is 230 g/mol. The summed E-state index contributed by atoms with van der Waals surface area (Å²) in [7, 11) is 0. The van der Waals surface area contributed by atoms with E-state index >= 15 is 0 Å². The Labute approximate surface area is 94.2 Å². The SMILES string of the molecule is C[C@H](NC(=O)N(CCO)C1CCC1)C(=O)O. The average molecular weight is 230 g/mol. The average Bonchev–Trinajstić information content (AvgIpc) is 2.13. The van der Waals surface area contributed by atoms with Gasteiger partial charge in [-0.15, -0.1) is 0 Å². The van der Waals surface area contributed by atoms with Crippen LogP contribution in [0.5, 0.6) is 0 Å². The van der Waals surface area contributed by atoms with Crippen molar-refractivity contribution >= 4 is 12.0 Å². The molecule has 0 aromatic rings. The minimum absolute atomic E-state index is 0.106. The Bertz CT molecular complexity index is 266. The minimum atomic E-state index is -1.06. The van der Waals surface area contributed by atoms with E-state index in [9.17, 15) is 9.59 Å². The molecule has 1 saturated carbocycles. The van der Waals surface area contributed by atoms with Crippen LogP contribution in [-0.2, 0) is 4.79 Å². The molecular formula is C10H18N2O4. The Balaban J connectivity index is 2.49. The number of aliphatic hydroxyl groups is 1. The van der Waals surface area contributed by atoms with Crippen molar-refractivity contribution in [1.82, 2.24) is 10.2 Å². The fourth-order valence-electron chi connectivity index (χ4n) is 1.59. The van der Waals surface area contributed by atoms with Crippen LogP contribution < -0.4 is 5.32 Å². The van der Waals surface area contributed by atoms with Crippen molar-refractivity contribution in [3.05, 3.63) is 0 Å². The second-order valence-electron chi connectivity index (χ2n) is 4.01. The first-order chi connectivity index (χ1) is 7.56. The number of hydrogen-bond acceptors (Lipinski definition) is 3. The van der Waals surface area contributed by atoms with Gasteiger partial charge < -0.3 is 20.4 Å². The summed E-state index contributed by atoms with van der Waals surface area (Å²) in [6, 6.07) is -1.17. The summed E-state index contributed by atoms with van der Waals surface area (Å²) in [5.74, 6) is -1.06. The van der Waals surface area contributed by atoms with Crippen molar-refractivity contribution in [2.24, 2.45) is 0 Å². The maximum Gasteiger partial charge on any atom is 0.325 e. The number of carboxylic acid groups (broad SMARTS) is 1. The Morgan fingerprint density at radius 2 is 2.12 bits per heavy atom. The second kappa shape index (κ2) is 5.69. The van der Waals surface area contributed by atoms with E-state index in [1.807, 2.05) is 0 Å². The maximum atomic E-state index is 11.7. The molecule has 0 bridgehead atoms. The highest BCUT2D eigenvalue weighted by Gasteiger charge is 2.29. The van der Waals surface area contributed by atoms with E-state index in [0.717, 1.165) is 19.3 Å². The number of hydrogen-bond donors (Lipinski definition) is 3. The van der Waals surface area contributed by atoms with Crippen LogP contribution in [0.4, 0.5) is 4.79 Å². The van der Waals surface area contributed by atoms with Gasteiger partial charge in [0.05, 0.1) is 6.61 Å². The summed E-state index contributed by atoms with van der Waals surface area (Å²) in [6.07, 6.45) is 2.93. The summed E-state index contributed by atoms with van der Waals surface area (Å²) in [5.41, 5.74) is 0. The quantitative estimate of drug-likeness (QED) is 0.621. The zero-order valence-electron chi connectivity index (χ0n) is 9.35. The second-order valence-corrected chi connectivity index (χ2v) is 4.01. The van der Waals surface area contributed by atoms with Gasteiger partial charge in [0.25, 0.3) is 0 Å². The third-order valence-electron chi connectivity index (χ3n) is 2.83. The lowest BCUT2D eigenvalue weighted by molar-refractivity contribution is -0.138. The van der Waals surface area contributed by atoms with E-state index in [1.54, 1.807) is 0 Å². The van der Waals surface area contributed by atoms with E-state index in [-0.39, 0.29) is 19.2 Å². The summed E-state index contributed by atoms with van der Waals surface area (Å²) in [6.45, 7) is 1.56. The molecule has 0 saturated heterocycles. The number of amides is 2. The van der Waals surface area contributed by atoms with Gasteiger partial charge in [0.1, 0.15) is 6.04 Å². The van der Waals surface area contributed by atoms with Crippen molar-refractivity contribution in [3.8, 4) is 0 Å². The minimum Gasteiger partial charge on any atom is -0.480 e. The maximum absolute atomic E-state index is 11.7. The molecule has 1 aliphatic carbocycles. The zero-order chi connectivity index (χ0) is 12.1. The molecule has 2 amide bonds. The first kappa shape index (κ1) is 12.8. The summed E-state index contributed by atoms with van der Waals surface area (Å²) in [4.78, 5) is 23.8. The molecule has 0 radical (unpaired) electrons. The topological polar surface area (TPSA) is 89.9 Å². The van der Waals surface area contributed by atoms with Crippen molar-refractivity contribution in [1.29, 1.82) is 0 Å². The molecule has 1 rings (SSSR count). The highest BCUT2D eigenvalue weighted by atomic mass is 16.4. The highest BCUT2D eigenvalue weighted by molar-refractivity contribution is 5.82.